The van der Waals surface area contributed by atoms with Gasteiger partial charge >= 0.3 is 5.97 Å². The second kappa shape index (κ2) is 17.0. The third-order valence-electron chi connectivity index (χ3n) is 9.12. The maximum atomic E-state index is 11.1. The van der Waals surface area contributed by atoms with Crippen LogP contribution in [0.25, 0.3) is 0 Å². The Morgan fingerprint density at radius 1 is 0.860 bits per heavy atom. The molecule has 1 rings (SSSR count). The maximum Gasteiger partial charge on any atom is 0.309 e. The van der Waals surface area contributed by atoms with Gasteiger partial charge in [-0.3, -0.25) is 4.79 Å². The molecule has 8 heteroatoms. The molecule has 0 radical (unpaired) electrons. The third-order valence-corrected chi connectivity index (χ3v) is 9.12. The molecule has 248 valence electrons. The molecule has 0 aromatic rings. The van der Waals surface area contributed by atoms with Gasteiger partial charge in [-0.25, -0.2) is 0 Å². The number of carboxylic acid groups (broad SMARTS) is 1. The number of aliphatic carboxylic acids is 1. The zero-order chi connectivity index (χ0) is 33.3. The highest BCUT2D eigenvalue weighted by Gasteiger charge is 2.48. The Kier molecular flexibility index (Phi) is 15.5. The highest BCUT2D eigenvalue weighted by atomic mass is 16.5. The Morgan fingerprint density at radius 2 is 1.33 bits per heavy atom. The lowest BCUT2D eigenvalue weighted by molar-refractivity contribution is -0.224. The Balaban J connectivity index is 2.86. The van der Waals surface area contributed by atoms with Crippen molar-refractivity contribution in [2.45, 2.75) is 130 Å². The van der Waals surface area contributed by atoms with Crippen molar-refractivity contribution < 1.29 is 40.2 Å². The van der Waals surface area contributed by atoms with Gasteiger partial charge in [-0.15, -0.1) is 0 Å². The van der Waals surface area contributed by atoms with Crippen molar-refractivity contribution in [3.05, 3.63) is 48.1 Å². The van der Waals surface area contributed by atoms with Gasteiger partial charge in [-0.05, 0) is 64.0 Å². The molecule has 6 N–H and O–H groups in total. The molecule has 1 aliphatic rings. The minimum absolute atomic E-state index is 0.0424. The lowest BCUT2D eigenvalue weighted by Crippen LogP contribution is -2.57. The fourth-order valence-corrected chi connectivity index (χ4v) is 5.93. The van der Waals surface area contributed by atoms with Gasteiger partial charge in [0.1, 0.15) is 5.60 Å². The lowest BCUT2D eigenvalue weighted by Gasteiger charge is -2.51. The van der Waals surface area contributed by atoms with E-state index in [4.69, 9.17) is 9.84 Å². The molecule has 1 saturated heterocycles. The molecule has 0 aromatic carbocycles. The van der Waals surface area contributed by atoms with Gasteiger partial charge in [-0.1, -0.05) is 84.4 Å². The number of ether oxygens (including phenoxy) is 1. The summed E-state index contributed by atoms with van der Waals surface area (Å²) in [6, 6.07) is 0. The molecule has 0 aromatic heterocycles. The summed E-state index contributed by atoms with van der Waals surface area (Å²) in [6.07, 6.45) is 9.77. The first-order valence-electron chi connectivity index (χ1n) is 15.8. The fraction of sp³-hybridized carbons (Fsp3) is 0.743. The van der Waals surface area contributed by atoms with E-state index in [1.165, 1.54) is 13.0 Å². The molecule has 0 amide bonds. The van der Waals surface area contributed by atoms with E-state index in [1.807, 2.05) is 40.7 Å². The highest BCUT2D eigenvalue weighted by Crippen LogP contribution is 2.43. The van der Waals surface area contributed by atoms with Crippen molar-refractivity contribution >= 4 is 5.97 Å². The summed E-state index contributed by atoms with van der Waals surface area (Å²) in [6.45, 7) is 19.1. The third kappa shape index (κ3) is 11.9. The molecule has 0 saturated carbocycles. The quantitative estimate of drug-likeness (QED) is 0.134. The Labute approximate surface area is 259 Å². The van der Waals surface area contributed by atoms with Gasteiger partial charge in [-0.2, -0.15) is 0 Å². The van der Waals surface area contributed by atoms with Crippen LogP contribution in [0.4, 0.5) is 0 Å². The van der Waals surface area contributed by atoms with Gasteiger partial charge in [0.2, 0.25) is 0 Å². The lowest BCUT2D eigenvalue weighted by atomic mass is 9.74. The topological polar surface area (TPSA) is 148 Å². The van der Waals surface area contributed by atoms with Crippen LogP contribution in [0.2, 0.25) is 0 Å². The molecule has 1 heterocycles. The van der Waals surface area contributed by atoms with Crippen LogP contribution < -0.4 is 0 Å². The monoisotopic (exact) mass is 608 g/mol. The molecule has 0 bridgehead atoms. The number of aliphatic hydroxyl groups excluding tert-OH is 5. The summed E-state index contributed by atoms with van der Waals surface area (Å²) < 4.78 is 6.59. The number of hydrogen-bond acceptors (Lipinski definition) is 7. The molecular formula is C35H60O8. The van der Waals surface area contributed by atoms with Crippen LogP contribution in [0, 0.1) is 35.5 Å². The van der Waals surface area contributed by atoms with Crippen LogP contribution >= 0.6 is 0 Å². The average molecular weight is 609 g/mol. The predicted octanol–water partition coefficient (Wildman–Crippen LogP) is 5.04. The summed E-state index contributed by atoms with van der Waals surface area (Å²) in [5.74, 6) is -2.52. The predicted molar refractivity (Wildman–Crippen MR) is 171 cm³/mol. The van der Waals surface area contributed by atoms with Crippen molar-refractivity contribution in [2.75, 3.05) is 0 Å². The summed E-state index contributed by atoms with van der Waals surface area (Å²) in [4.78, 5) is 11.0. The zero-order valence-corrected chi connectivity index (χ0v) is 28.0. The molecule has 0 spiro atoms. The van der Waals surface area contributed by atoms with Crippen LogP contribution in [-0.4, -0.2) is 78.3 Å². The molecule has 13 unspecified atom stereocenters. The van der Waals surface area contributed by atoms with Crippen molar-refractivity contribution in [1.82, 2.24) is 0 Å². The fourth-order valence-electron chi connectivity index (χ4n) is 5.93. The first-order valence-corrected chi connectivity index (χ1v) is 15.8. The van der Waals surface area contributed by atoms with Gasteiger partial charge < -0.3 is 35.4 Å². The minimum atomic E-state index is -1.15. The number of carboxylic acids is 1. The van der Waals surface area contributed by atoms with Crippen molar-refractivity contribution in [1.29, 1.82) is 0 Å². The van der Waals surface area contributed by atoms with Crippen molar-refractivity contribution in [3.8, 4) is 0 Å². The number of rotatable bonds is 16. The van der Waals surface area contributed by atoms with E-state index in [9.17, 15) is 30.3 Å². The maximum absolute atomic E-state index is 11.1. The van der Waals surface area contributed by atoms with E-state index in [2.05, 4.69) is 20.8 Å². The van der Waals surface area contributed by atoms with E-state index in [0.717, 1.165) is 19.3 Å². The van der Waals surface area contributed by atoms with Crippen molar-refractivity contribution in [3.63, 3.8) is 0 Å². The SMILES string of the molecule is CCC(C)CC1(C)CC(C)C(O)C(C)(C=C(C)C(O)C(C)C=CC(O)C(C)C=CC(O)C(C)C=CC(O)C(C)C(=O)O)O1. The number of aliphatic hydroxyl groups is 5. The Hall–Kier alpha value is -1.81. The first kappa shape index (κ1) is 39.2. The second-order valence-electron chi connectivity index (χ2n) is 13.7. The smallest absolute Gasteiger partial charge is 0.309 e. The van der Waals surface area contributed by atoms with Crippen LogP contribution in [-0.2, 0) is 9.53 Å². The molecule has 8 nitrogen and oxygen atoms in total. The van der Waals surface area contributed by atoms with Crippen molar-refractivity contribution in [2.24, 2.45) is 35.5 Å². The Morgan fingerprint density at radius 3 is 1.79 bits per heavy atom. The normalized spacial score (nSPS) is 31.9. The number of carbonyl (C=O) groups is 1. The van der Waals surface area contributed by atoms with E-state index < -0.39 is 48.0 Å². The Bertz CT molecular complexity index is 984. The zero-order valence-electron chi connectivity index (χ0n) is 28.0. The second-order valence-corrected chi connectivity index (χ2v) is 13.7. The van der Waals surface area contributed by atoms with E-state index in [1.54, 1.807) is 37.3 Å². The van der Waals surface area contributed by atoms with Gasteiger partial charge in [0.25, 0.3) is 0 Å². The molecule has 0 aliphatic carbocycles. The average Bonchev–Trinajstić information content (AvgIpc) is 2.93. The molecule has 1 fully saturated rings. The summed E-state index contributed by atoms with van der Waals surface area (Å²) >= 11 is 0. The van der Waals surface area contributed by atoms with Crippen LogP contribution in [0.5, 0.6) is 0 Å². The summed E-state index contributed by atoms with van der Waals surface area (Å²) in [5.41, 5.74) is -0.618. The summed E-state index contributed by atoms with van der Waals surface area (Å²) in [5, 5.41) is 62.2. The largest absolute Gasteiger partial charge is 0.481 e. The van der Waals surface area contributed by atoms with Gasteiger partial charge in [0.05, 0.1) is 42.0 Å². The van der Waals surface area contributed by atoms with Crippen LogP contribution in [0.1, 0.15) is 88.5 Å². The number of hydrogen-bond donors (Lipinski definition) is 6. The molecule has 43 heavy (non-hydrogen) atoms. The van der Waals surface area contributed by atoms with Gasteiger partial charge in [0.15, 0.2) is 0 Å². The van der Waals surface area contributed by atoms with Crippen LogP contribution in [0.3, 0.4) is 0 Å². The summed E-state index contributed by atoms with van der Waals surface area (Å²) in [7, 11) is 0. The van der Waals surface area contributed by atoms with Gasteiger partial charge in [0, 0.05) is 17.8 Å². The molecule has 1 aliphatic heterocycles. The van der Waals surface area contributed by atoms with E-state index in [-0.39, 0.29) is 29.3 Å². The first-order chi connectivity index (χ1) is 19.8. The van der Waals surface area contributed by atoms with E-state index in [0.29, 0.717) is 11.5 Å². The standard InChI is InChI=1S/C35H60O8/c1-11-21(2)18-34(9)19-26(7)32(40)35(10,43-34)20-25(6)31(39)24(5)14-16-29(37)22(3)12-15-28(36)23(4)13-17-30(38)27(8)33(41)42/h12-17,20-24,26-32,36-40H,11,18-19H2,1-10H3,(H,41,42). The van der Waals surface area contributed by atoms with E-state index >= 15 is 0 Å². The minimum Gasteiger partial charge on any atom is -0.481 e. The molecule has 13 atom stereocenters. The highest BCUT2D eigenvalue weighted by molar-refractivity contribution is 5.70. The van der Waals surface area contributed by atoms with Crippen LogP contribution in [0.15, 0.2) is 48.1 Å². The molecular weight excluding hydrogens is 548 g/mol.